The van der Waals surface area contributed by atoms with E-state index >= 15 is 0 Å². The summed E-state index contributed by atoms with van der Waals surface area (Å²) in [7, 11) is -3.66. The number of carboxylic acid groups (broad SMARTS) is 1. The van der Waals surface area contributed by atoms with Crippen molar-refractivity contribution in [1.82, 2.24) is 0 Å². The van der Waals surface area contributed by atoms with Crippen molar-refractivity contribution in [3.05, 3.63) is 59.7 Å². The standard InChI is InChI=1S/C17H19NO4S/c1-13-9-11-15(12-10-13)23(21,22)18-16-7-3-2-5-14(16)6-4-8-17(19)20/h2-3,5,7,9-12,18H,4,6,8H2,1H3,(H,19,20). The predicted octanol–water partition coefficient (Wildman–Crippen LogP) is 3.20. The highest BCUT2D eigenvalue weighted by Crippen LogP contribution is 2.22. The van der Waals surface area contributed by atoms with Crippen LogP contribution in [0.1, 0.15) is 24.0 Å². The van der Waals surface area contributed by atoms with Gasteiger partial charge in [0.05, 0.1) is 10.6 Å². The number of benzene rings is 2. The fourth-order valence-electron chi connectivity index (χ4n) is 2.19. The Kier molecular flexibility index (Phi) is 5.39. The molecule has 0 fully saturated rings. The number of carboxylic acids is 1. The first-order valence-corrected chi connectivity index (χ1v) is 8.76. The van der Waals surface area contributed by atoms with Crippen molar-refractivity contribution >= 4 is 21.7 Å². The van der Waals surface area contributed by atoms with Gasteiger partial charge in [0.25, 0.3) is 10.0 Å². The maximum atomic E-state index is 12.4. The molecule has 0 aliphatic carbocycles. The highest BCUT2D eigenvalue weighted by atomic mass is 32.2. The third-order valence-corrected chi connectivity index (χ3v) is 4.81. The average molecular weight is 333 g/mol. The highest BCUT2D eigenvalue weighted by molar-refractivity contribution is 7.92. The molecule has 0 bridgehead atoms. The minimum absolute atomic E-state index is 0.0546. The van der Waals surface area contributed by atoms with Crippen molar-refractivity contribution in [3.8, 4) is 0 Å². The zero-order valence-corrected chi connectivity index (χ0v) is 13.6. The number of nitrogens with one attached hydrogen (secondary N) is 1. The highest BCUT2D eigenvalue weighted by Gasteiger charge is 2.15. The molecule has 0 aromatic heterocycles. The van der Waals surface area contributed by atoms with Crippen molar-refractivity contribution in [2.45, 2.75) is 31.1 Å². The summed E-state index contributed by atoms with van der Waals surface area (Å²) in [6.07, 6.45) is 1.01. The van der Waals surface area contributed by atoms with E-state index in [1.807, 2.05) is 6.92 Å². The van der Waals surface area contributed by atoms with Gasteiger partial charge in [0.1, 0.15) is 0 Å². The van der Waals surface area contributed by atoms with E-state index in [0.29, 0.717) is 18.5 Å². The number of anilines is 1. The Labute approximate surface area is 136 Å². The Morgan fingerprint density at radius 2 is 1.74 bits per heavy atom. The van der Waals surface area contributed by atoms with E-state index in [2.05, 4.69) is 4.72 Å². The molecule has 6 heteroatoms. The van der Waals surface area contributed by atoms with Crippen LogP contribution in [0.4, 0.5) is 5.69 Å². The van der Waals surface area contributed by atoms with Crippen molar-refractivity contribution in [2.24, 2.45) is 0 Å². The number of sulfonamides is 1. The fourth-order valence-corrected chi connectivity index (χ4v) is 3.29. The van der Waals surface area contributed by atoms with Crippen LogP contribution >= 0.6 is 0 Å². The Bertz CT molecular complexity index is 782. The van der Waals surface area contributed by atoms with Crippen LogP contribution in [0.25, 0.3) is 0 Å². The van der Waals surface area contributed by atoms with E-state index in [4.69, 9.17) is 5.11 Å². The maximum Gasteiger partial charge on any atom is 0.303 e. The molecule has 0 aliphatic heterocycles. The number of hydrogen-bond acceptors (Lipinski definition) is 3. The number of aryl methyl sites for hydroxylation is 2. The number of rotatable bonds is 7. The normalized spacial score (nSPS) is 11.2. The second kappa shape index (κ2) is 7.28. The molecule has 23 heavy (non-hydrogen) atoms. The van der Waals surface area contributed by atoms with E-state index in [1.54, 1.807) is 48.5 Å². The van der Waals surface area contributed by atoms with Crippen molar-refractivity contribution < 1.29 is 18.3 Å². The van der Waals surface area contributed by atoms with Gasteiger partial charge in [-0.15, -0.1) is 0 Å². The lowest BCUT2D eigenvalue weighted by Crippen LogP contribution is -2.14. The Morgan fingerprint density at radius 1 is 1.09 bits per heavy atom. The van der Waals surface area contributed by atoms with Crippen molar-refractivity contribution in [3.63, 3.8) is 0 Å². The van der Waals surface area contributed by atoms with Gasteiger partial charge in [-0.05, 0) is 43.5 Å². The van der Waals surface area contributed by atoms with Gasteiger partial charge in [-0.25, -0.2) is 8.42 Å². The van der Waals surface area contributed by atoms with Gasteiger partial charge in [0, 0.05) is 6.42 Å². The Balaban J connectivity index is 2.18. The third-order valence-electron chi connectivity index (χ3n) is 3.43. The molecule has 2 N–H and O–H groups in total. The molecule has 122 valence electrons. The largest absolute Gasteiger partial charge is 0.481 e. The minimum Gasteiger partial charge on any atom is -0.481 e. The first-order chi connectivity index (χ1) is 10.9. The molecular formula is C17H19NO4S. The Morgan fingerprint density at radius 3 is 2.39 bits per heavy atom. The molecular weight excluding hydrogens is 314 g/mol. The first-order valence-electron chi connectivity index (χ1n) is 7.28. The monoisotopic (exact) mass is 333 g/mol. The van der Waals surface area contributed by atoms with Crippen LogP contribution in [0.15, 0.2) is 53.4 Å². The van der Waals surface area contributed by atoms with E-state index in [0.717, 1.165) is 11.1 Å². The molecule has 0 radical (unpaired) electrons. The molecule has 2 rings (SSSR count). The van der Waals surface area contributed by atoms with E-state index in [1.165, 1.54) is 0 Å². The average Bonchev–Trinajstić information content (AvgIpc) is 2.49. The second-order valence-corrected chi connectivity index (χ2v) is 7.01. The van der Waals surface area contributed by atoms with Gasteiger partial charge in [-0.1, -0.05) is 35.9 Å². The summed E-state index contributed by atoms with van der Waals surface area (Å²) in [5.41, 5.74) is 2.25. The summed E-state index contributed by atoms with van der Waals surface area (Å²) in [5.74, 6) is -0.859. The smallest absolute Gasteiger partial charge is 0.303 e. The molecule has 0 saturated heterocycles. The Hall–Kier alpha value is -2.34. The topological polar surface area (TPSA) is 83.5 Å². The molecule has 2 aromatic rings. The van der Waals surface area contributed by atoms with Gasteiger partial charge in [0.2, 0.25) is 0 Å². The van der Waals surface area contributed by atoms with Crippen molar-refractivity contribution in [2.75, 3.05) is 4.72 Å². The summed E-state index contributed by atoms with van der Waals surface area (Å²) in [6.45, 7) is 1.89. The molecule has 0 heterocycles. The second-order valence-electron chi connectivity index (χ2n) is 5.32. The van der Waals surface area contributed by atoms with Crippen LogP contribution in [0.5, 0.6) is 0 Å². The van der Waals surface area contributed by atoms with Crippen LogP contribution < -0.4 is 4.72 Å². The quantitative estimate of drug-likeness (QED) is 0.815. The lowest BCUT2D eigenvalue weighted by molar-refractivity contribution is -0.137. The molecule has 5 nitrogen and oxygen atoms in total. The van der Waals surface area contributed by atoms with Crippen LogP contribution in [-0.4, -0.2) is 19.5 Å². The minimum atomic E-state index is -3.66. The number of carbonyl (C=O) groups is 1. The molecule has 0 unspecified atom stereocenters. The summed E-state index contributed by atoms with van der Waals surface area (Å²) in [6, 6.07) is 13.6. The van der Waals surface area contributed by atoms with Crippen LogP contribution in [0.2, 0.25) is 0 Å². The predicted molar refractivity (Wildman–Crippen MR) is 89.0 cm³/mol. The van der Waals surface area contributed by atoms with E-state index in [9.17, 15) is 13.2 Å². The summed E-state index contributed by atoms with van der Waals surface area (Å²) in [4.78, 5) is 10.8. The number of aliphatic carboxylic acids is 1. The van der Waals surface area contributed by atoms with Crippen LogP contribution in [0.3, 0.4) is 0 Å². The van der Waals surface area contributed by atoms with Gasteiger partial charge >= 0.3 is 5.97 Å². The van der Waals surface area contributed by atoms with Gasteiger partial charge < -0.3 is 5.11 Å². The lowest BCUT2D eigenvalue weighted by Gasteiger charge is -2.12. The van der Waals surface area contributed by atoms with Crippen LogP contribution in [0, 0.1) is 6.92 Å². The van der Waals surface area contributed by atoms with Gasteiger partial charge in [-0.3, -0.25) is 9.52 Å². The third kappa shape index (κ3) is 4.82. The van der Waals surface area contributed by atoms with Crippen molar-refractivity contribution in [1.29, 1.82) is 0 Å². The van der Waals surface area contributed by atoms with E-state index < -0.39 is 16.0 Å². The zero-order chi connectivity index (χ0) is 16.9. The molecule has 0 atom stereocenters. The number of para-hydroxylation sites is 1. The lowest BCUT2D eigenvalue weighted by atomic mass is 10.1. The van der Waals surface area contributed by atoms with Gasteiger partial charge in [-0.2, -0.15) is 0 Å². The van der Waals surface area contributed by atoms with Gasteiger partial charge in [0.15, 0.2) is 0 Å². The molecule has 0 amide bonds. The SMILES string of the molecule is Cc1ccc(S(=O)(=O)Nc2ccccc2CCCC(=O)O)cc1. The molecule has 0 spiro atoms. The molecule has 0 saturated carbocycles. The first kappa shape index (κ1) is 17.0. The number of hydrogen-bond donors (Lipinski definition) is 2. The van der Waals surface area contributed by atoms with E-state index in [-0.39, 0.29) is 11.3 Å². The molecule has 2 aromatic carbocycles. The zero-order valence-electron chi connectivity index (χ0n) is 12.8. The fraction of sp³-hybridized carbons (Fsp3) is 0.235. The van der Waals surface area contributed by atoms with Crippen LogP contribution in [-0.2, 0) is 21.2 Å². The summed E-state index contributed by atoms with van der Waals surface area (Å²) >= 11 is 0. The maximum absolute atomic E-state index is 12.4. The summed E-state index contributed by atoms with van der Waals surface area (Å²) < 4.78 is 27.5. The molecule has 0 aliphatic rings. The summed E-state index contributed by atoms with van der Waals surface area (Å²) in [5, 5.41) is 8.71.